The van der Waals surface area contributed by atoms with Crippen LogP contribution in [0.2, 0.25) is 0 Å². The van der Waals surface area contributed by atoms with Gasteiger partial charge < -0.3 is 15.7 Å². The van der Waals surface area contributed by atoms with E-state index < -0.39 is 0 Å². The predicted molar refractivity (Wildman–Crippen MR) is 71.4 cm³/mol. The van der Waals surface area contributed by atoms with Crippen molar-refractivity contribution in [2.24, 2.45) is 0 Å². The van der Waals surface area contributed by atoms with Crippen LogP contribution < -0.4 is 10.6 Å². The fourth-order valence-electron chi connectivity index (χ4n) is 2.30. The van der Waals surface area contributed by atoms with Crippen molar-refractivity contribution in [3.05, 3.63) is 29.8 Å². The first-order valence-corrected chi connectivity index (χ1v) is 6.55. The molecule has 17 heavy (non-hydrogen) atoms. The molecule has 94 valence electrons. The molecular weight excluding hydrogens is 212 g/mol. The molecular formula is C14H22N2O. The average molecular weight is 234 g/mol. The minimum atomic E-state index is 0.223. The topological polar surface area (TPSA) is 44.3 Å². The van der Waals surface area contributed by atoms with E-state index in [-0.39, 0.29) is 6.61 Å². The van der Waals surface area contributed by atoms with E-state index >= 15 is 0 Å². The minimum absolute atomic E-state index is 0.223. The second-order valence-electron chi connectivity index (χ2n) is 4.69. The highest BCUT2D eigenvalue weighted by molar-refractivity contribution is 5.45. The summed E-state index contributed by atoms with van der Waals surface area (Å²) in [6, 6.07) is 9.00. The maximum absolute atomic E-state index is 8.86. The van der Waals surface area contributed by atoms with Crippen molar-refractivity contribution >= 4 is 5.69 Å². The lowest BCUT2D eigenvalue weighted by Gasteiger charge is -2.17. The van der Waals surface area contributed by atoms with Gasteiger partial charge in [-0.3, -0.25) is 0 Å². The summed E-state index contributed by atoms with van der Waals surface area (Å²) < 4.78 is 0. The van der Waals surface area contributed by atoms with Crippen LogP contribution in [-0.2, 0) is 6.42 Å². The zero-order chi connectivity index (χ0) is 11.9. The Morgan fingerprint density at radius 2 is 2.00 bits per heavy atom. The zero-order valence-electron chi connectivity index (χ0n) is 10.3. The molecule has 1 atom stereocenters. The first-order valence-electron chi connectivity index (χ1n) is 6.55. The zero-order valence-corrected chi connectivity index (χ0v) is 10.3. The van der Waals surface area contributed by atoms with Gasteiger partial charge in [-0.05, 0) is 56.5 Å². The van der Waals surface area contributed by atoms with Crippen LogP contribution in [0.25, 0.3) is 0 Å². The van der Waals surface area contributed by atoms with E-state index in [9.17, 15) is 0 Å². The molecule has 1 aliphatic rings. The van der Waals surface area contributed by atoms with Crippen molar-refractivity contribution in [1.82, 2.24) is 5.32 Å². The van der Waals surface area contributed by atoms with Crippen LogP contribution in [0.4, 0.5) is 5.69 Å². The molecule has 1 unspecified atom stereocenters. The van der Waals surface area contributed by atoms with Crippen molar-refractivity contribution in [1.29, 1.82) is 0 Å². The lowest BCUT2D eigenvalue weighted by Crippen LogP contribution is -2.21. The fraction of sp³-hybridized carbons (Fsp3) is 0.571. The summed E-state index contributed by atoms with van der Waals surface area (Å²) in [5.74, 6) is 0. The quantitative estimate of drug-likeness (QED) is 0.744. The normalized spacial score (nSPS) is 20.9. The van der Waals surface area contributed by atoms with Crippen LogP contribution >= 0.6 is 0 Å². The Kier molecular flexibility index (Phi) is 4.83. The molecule has 1 aromatic rings. The minimum Gasteiger partial charge on any atom is -0.396 e. The van der Waals surface area contributed by atoms with E-state index in [1.807, 2.05) is 0 Å². The smallest absolute Gasteiger partial charge is 0.0471 e. The van der Waals surface area contributed by atoms with Gasteiger partial charge in [0.2, 0.25) is 0 Å². The van der Waals surface area contributed by atoms with Gasteiger partial charge in [-0.2, -0.15) is 0 Å². The van der Waals surface area contributed by atoms with Crippen LogP contribution in [0.1, 0.15) is 24.8 Å². The molecule has 1 aliphatic heterocycles. The summed E-state index contributed by atoms with van der Waals surface area (Å²) in [6.07, 6.45) is 4.43. The molecule has 0 aliphatic carbocycles. The summed E-state index contributed by atoms with van der Waals surface area (Å²) in [7, 11) is 0. The predicted octanol–water partition coefficient (Wildman–Crippen LogP) is 1.78. The van der Waals surface area contributed by atoms with Gasteiger partial charge in [0.05, 0.1) is 0 Å². The highest BCUT2D eigenvalue weighted by Gasteiger charge is 2.10. The maximum atomic E-state index is 8.86. The molecule has 3 nitrogen and oxygen atoms in total. The number of hydrogen-bond donors (Lipinski definition) is 3. The second kappa shape index (κ2) is 6.62. The molecule has 0 radical (unpaired) electrons. The average Bonchev–Trinajstić information content (AvgIpc) is 2.61. The molecule has 0 saturated carbocycles. The van der Waals surface area contributed by atoms with E-state index in [0.717, 1.165) is 19.5 Å². The third kappa shape index (κ3) is 4.02. The molecule has 1 fully saturated rings. The Hall–Kier alpha value is -1.06. The first kappa shape index (κ1) is 12.4. The number of rotatable bonds is 4. The largest absolute Gasteiger partial charge is 0.396 e. The monoisotopic (exact) mass is 234 g/mol. The number of benzene rings is 1. The lowest BCUT2D eigenvalue weighted by molar-refractivity contribution is 0.299. The SMILES string of the molecule is OCCc1ccc(NC2CCCNCC2)cc1. The highest BCUT2D eigenvalue weighted by Crippen LogP contribution is 2.15. The molecule has 0 amide bonds. The van der Waals surface area contributed by atoms with E-state index in [4.69, 9.17) is 5.11 Å². The number of aliphatic hydroxyl groups is 1. The Morgan fingerprint density at radius 3 is 2.76 bits per heavy atom. The molecule has 1 saturated heterocycles. The van der Waals surface area contributed by atoms with E-state index in [1.54, 1.807) is 0 Å². The van der Waals surface area contributed by atoms with Crippen molar-refractivity contribution in [2.75, 3.05) is 25.0 Å². The van der Waals surface area contributed by atoms with Gasteiger partial charge in [-0.25, -0.2) is 0 Å². The fourth-order valence-corrected chi connectivity index (χ4v) is 2.30. The number of hydrogen-bond acceptors (Lipinski definition) is 3. The number of anilines is 1. The van der Waals surface area contributed by atoms with Gasteiger partial charge >= 0.3 is 0 Å². The summed E-state index contributed by atoms with van der Waals surface area (Å²) in [5, 5.41) is 15.9. The number of nitrogens with one attached hydrogen (secondary N) is 2. The van der Waals surface area contributed by atoms with Gasteiger partial charge in [-0.1, -0.05) is 12.1 Å². The standard InChI is InChI=1S/C14H22N2O/c17-11-8-12-3-5-14(6-4-12)16-13-2-1-9-15-10-7-13/h3-6,13,15-17H,1-2,7-11H2. The van der Waals surface area contributed by atoms with Gasteiger partial charge in [0, 0.05) is 18.3 Å². The molecule has 3 N–H and O–H groups in total. The summed E-state index contributed by atoms with van der Waals surface area (Å²) in [4.78, 5) is 0. The van der Waals surface area contributed by atoms with Crippen LogP contribution in [0.3, 0.4) is 0 Å². The third-order valence-electron chi connectivity index (χ3n) is 3.30. The van der Waals surface area contributed by atoms with Gasteiger partial charge in [0.25, 0.3) is 0 Å². The molecule has 0 aromatic heterocycles. The van der Waals surface area contributed by atoms with Crippen LogP contribution in [0.5, 0.6) is 0 Å². The summed E-state index contributed by atoms with van der Waals surface area (Å²) >= 11 is 0. The lowest BCUT2D eigenvalue weighted by atomic mass is 10.1. The number of aliphatic hydroxyl groups excluding tert-OH is 1. The Labute approximate surface area is 103 Å². The van der Waals surface area contributed by atoms with E-state index in [0.29, 0.717) is 6.04 Å². The molecule has 0 spiro atoms. The second-order valence-corrected chi connectivity index (χ2v) is 4.69. The van der Waals surface area contributed by atoms with Crippen molar-refractivity contribution in [3.8, 4) is 0 Å². The highest BCUT2D eigenvalue weighted by atomic mass is 16.2. The van der Waals surface area contributed by atoms with Gasteiger partial charge in [0.15, 0.2) is 0 Å². The maximum Gasteiger partial charge on any atom is 0.0471 e. The Balaban J connectivity index is 1.88. The Morgan fingerprint density at radius 1 is 1.18 bits per heavy atom. The van der Waals surface area contributed by atoms with Crippen LogP contribution in [0, 0.1) is 0 Å². The van der Waals surface area contributed by atoms with Crippen molar-refractivity contribution < 1.29 is 5.11 Å². The molecule has 1 heterocycles. The first-order chi connectivity index (χ1) is 8.38. The Bertz CT molecular complexity index is 315. The van der Waals surface area contributed by atoms with Gasteiger partial charge in [-0.15, -0.1) is 0 Å². The third-order valence-corrected chi connectivity index (χ3v) is 3.30. The van der Waals surface area contributed by atoms with Crippen molar-refractivity contribution in [3.63, 3.8) is 0 Å². The van der Waals surface area contributed by atoms with Gasteiger partial charge in [0.1, 0.15) is 0 Å². The molecule has 0 bridgehead atoms. The van der Waals surface area contributed by atoms with Crippen LogP contribution in [-0.4, -0.2) is 30.8 Å². The van der Waals surface area contributed by atoms with E-state index in [2.05, 4.69) is 34.9 Å². The molecule has 1 aromatic carbocycles. The summed E-state index contributed by atoms with van der Waals surface area (Å²) in [5.41, 5.74) is 2.39. The van der Waals surface area contributed by atoms with Crippen LogP contribution in [0.15, 0.2) is 24.3 Å². The van der Waals surface area contributed by atoms with Crippen molar-refractivity contribution in [2.45, 2.75) is 31.7 Å². The molecule has 3 heteroatoms. The summed E-state index contributed by atoms with van der Waals surface area (Å²) in [6.45, 7) is 2.48. The molecule has 2 rings (SSSR count). The van der Waals surface area contributed by atoms with E-state index in [1.165, 1.54) is 30.5 Å².